The highest BCUT2D eigenvalue weighted by atomic mass is 79.9. The third-order valence-corrected chi connectivity index (χ3v) is 2.22. The summed E-state index contributed by atoms with van der Waals surface area (Å²) in [5.41, 5.74) is 0.536. The van der Waals surface area contributed by atoms with E-state index in [4.69, 9.17) is 10.4 Å². The fourth-order valence-corrected chi connectivity index (χ4v) is 1.52. The van der Waals surface area contributed by atoms with Crippen LogP contribution in [0.1, 0.15) is 11.1 Å². The van der Waals surface area contributed by atoms with E-state index in [0.717, 1.165) is 0 Å². The van der Waals surface area contributed by atoms with Gasteiger partial charge in [-0.3, -0.25) is 4.79 Å². The lowest BCUT2D eigenvalue weighted by Gasteiger charge is -2.04. The van der Waals surface area contributed by atoms with E-state index in [2.05, 4.69) is 15.9 Å². The summed E-state index contributed by atoms with van der Waals surface area (Å²) in [7, 11) is 0. The van der Waals surface area contributed by atoms with Gasteiger partial charge in [-0.15, -0.1) is 0 Å². The molecule has 0 bridgehead atoms. The number of nitriles is 1. The minimum absolute atomic E-state index is 0.133. The van der Waals surface area contributed by atoms with E-state index in [-0.39, 0.29) is 17.7 Å². The summed E-state index contributed by atoms with van der Waals surface area (Å²) in [6.07, 6.45) is -0.306. The number of carboxylic acids is 1. The number of hydrogen-bond donors (Lipinski definition) is 2. The zero-order valence-corrected chi connectivity index (χ0v) is 8.58. The van der Waals surface area contributed by atoms with Crippen LogP contribution in [0.2, 0.25) is 0 Å². The summed E-state index contributed by atoms with van der Waals surface area (Å²) >= 11 is 3.03. The van der Waals surface area contributed by atoms with Gasteiger partial charge in [0, 0.05) is 5.56 Å². The second-order valence-electron chi connectivity index (χ2n) is 2.65. The predicted octanol–water partition coefficient (Wildman–Crippen LogP) is 1.65. The summed E-state index contributed by atoms with van der Waals surface area (Å²) in [6.45, 7) is 0. The van der Waals surface area contributed by atoms with Crippen LogP contribution in [0.15, 0.2) is 16.6 Å². The summed E-state index contributed by atoms with van der Waals surface area (Å²) in [6, 6.07) is 4.66. The van der Waals surface area contributed by atoms with Crippen LogP contribution in [0, 0.1) is 11.3 Å². The molecule has 4 nitrogen and oxygen atoms in total. The molecule has 0 fully saturated rings. The Balaban J connectivity index is 3.21. The molecule has 0 unspecified atom stereocenters. The van der Waals surface area contributed by atoms with Gasteiger partial charge in [0.1, 0.15) is 5.75 Å². The Morgan fingerprint density at radius 2 is 2.21 bits per heavy atom. The molecule has 0 aliphatic heterocycles. The maximum atomic E-state index is 10.4. The van der Waals surface area contributed by atoms with E-state index < -0.39 is 5.97 Å². The highest BCUT2D eigenvalue weighted by molar-refractivity contribution is 9.10. The van der Waals surface area contributed by atoms with E-state index in [1.165, 1.54) is 12.1 Å². The second-order valence-corrected chi connectivity index (χ2v) is 3.50. The van der Waals surface area contributed by atoms with Crippen LogP contribution in [-0.4, -0.2) is 16.2 Å². The van der Waals surface area contributed by atoms with E-state index >= 15 is 0 Å². The van der Waals surface area contributed by atoms with Crippen molar-refractivity contribution in [2.75, 3.05) is 0 Å². The highest BCUT2D eigenvalue weighted by Gasteiger charge is 2.10. The lowest BCUT2D eigenvalue weighted by Crippen LogP contribution is -2.01. The Hall–Kier alpha value is -1.54. The first kappa shape index (κ1) is 10.5. The Bertz CT molecular complexity index is 423. The molecule has 0 aromatic heterocycles. The lowest BCUT2D eigenvalue weighted by atomic mass is 10.1. The Labute approximate surface area is 88.5 Å². The average molecular weight is 256 g/mol. The van der Waals surface area contributed by atoms with Gasteiger partial charge in [-0.2, -0.15) is 5.26 Å². The molecular weight excluding hydrogens is 250 g/mol. The Morgan fingerprint density at radius 3 is 2.71 bits per heavy atom. The molecular formula is C9H6BrNO3. The number of halogens is 1. The van der Waals surface area contributed by atoms with Crippen LogP contribution in [0.4, 0.5) is 0 Å². The number of aromatic hydroxyl groups is 1. The van der Waals surface area contributed by atoms with Gasteiger partial charge in [-0.25, -0.2) is 0 Å². The average Bonchev–Trinajstić information content (AvgIpc) is 2.11. The molecule has 1 aromatic rings. The van der Waals surface area contributed by atoms with Crippen molar-refractivity contribution >= 4 is 21.9 Å². The van der Waals surface area contributed by atoms with E-state index in [9.17, 15) is 9.90 Å². The standard InChI is InChI=1S/C9H6BrNO3/c10-7-2-5(4-11)1-6(9(7)14)3-8(12)13/h1-2,14H,3H2,(H,12,13). The fraction of sp³-hybridized carbons (Fsp3) is 0.111. The molecule has 14 heavy (non-hydrogen) atoms. The zero-order valence-electron chi connectivity index (χ0n) is 6.99. The largest absolute Gasteiger partial charge is 0.506 e. The topological polar surface area (TPSA) is 81.3 Å². The van der Waals surface area contributed by atoms with Crippen molar-refractivity contribution in [2.45, 2.75) is 6.42 Å². The van der Waals surface area contributed by atoms with Crippen molar-refractivity contribution in [3.05, 3.63) is 27.7 Å². The predicted molar refractivity (Wildman–Crippen MR) is 51.9 cm³/mol. The lowest BCUT2D eigenvalue weighted by molar-refractivity contribution is -0.136. The molecule has 0 amide bonds. The number of nitrogens with zero attached hydrogens (tertiary/aromatic N) is 1. The first-order chi connectivity index (χ1) is 6.54. The van der Waals surface area contributed by atoms with Gasteiger partial charge in [0.15, 0.2) is 0 Å². The number of benzene rings is 1. The van der Waals surface area contributed by atoms with Crippen molar-refractivity contribution in [1.82, 2.24) is 0 Å². The molecule has 0 radical (unpaired) electrons. The van der Waals surface area contributed by atoms with Crippen LogP contribution in [0.5, 0.6) is 5.75 Å². The minimum Gasteiger partial charge on any atom is -0.506 e. The number of carbonyl (C=O) groups is 1. The van der Waals surface area contributed by atoms with E-state index in [1.54, 1.807) is 0 Å². The van der Waals surface area contributed by atoms with Crippen molar-refractivity contribution in [1.29, 1.82) is 5.26 Å². The molecule has 0 heterocycles. The summed E-state index contributed by atoms with van der Waals surface area (Å²) in [5.74, 6) is -1.19. The zero-order chi connectivity index (χ0) is 10.7. The highest BCUT2D eigenvalue weighted by Crippen LogP contribution is 2.29. The Kier molecular flexibility index (Phi) is 3.10. The summed E-state index contributed by atoms with van der Waals surface area (Å²) in [4.78, 5) is 10.4. The number of hydrogen-bond acceptors (Lipinski definition) is 3. The SMILES string of the molecule is N#Cc1cc(Br)c(O)c(CC(=O)O)c1. The van der Waals surface area contributed by atoms with Crippen molar-refractivity contribution in [2.24, 2.45) is 0 Å². The maximum Gasteiger partial charge on any atom is 0.307 e. The Morgan fingerprint density at radius 1 is 1.57 bits per heavy atom. The molecule has 1 aromatic carbocycles. The van der Waals surface area contributed by atoms with Crippen molar-refractivity contribution in [3.63, 3.8) is 0 Å². The third kappa shape index (κ3) is 2.24. The van der Waals surface area contributed by atoms with Crippen molar-refractivity contribution < 1.29 is 15.0 Å². The van der Waals surface area contributed by atoms with Crippen LogP contribution in [0.3, 0.4) is 0 Å². The van der Waals surface area contributed by atoms with Gasteiger partial charge in [-0.05, 0) is 28.1 Å². The molecule has 5 heteroatoms. The molecule has 0 aliphatic carbocycles. The fourth-order valence-electron chi connectivity index (χ4n) is 1.02. The molecule has 2 N–H and O–H groups in total. The van der Waals surface area contributed by atoms with Gasteiger partial charge in [0.2, 0.25) is 0 Å². The molecule has 0 spiro atoms. The summed E-state index contributed by atoms with van der Waals surface area (Å²) in [5, 5.41) is 26.6. The first-order valence-electron chi connectivity index (χ1n) is 3.68. The second kappa shape index (κ2) is 4.11. The van der Waals surface area contributed by atoms with Gasteiger partial charge in [0.25, 0.3) is 0 Å². The van der Waals surface area contributed by atoms with Crippen LogP contribution in [0.25, 0.3) is 0 Å². The monoisotopic (exact) mass is 255 g/mol. The van der Waals surface area contributed by atoms with E-state index in [1.807, 2.05) is 6.07 Å². The van der Waals surface area contributed by atoms with Crippen LogP contribution in [-0.2, 0) is 11.2 Å². The number of rotatable bonds is 2. The number of phenolic OH excluding ortho intramolecular Hbond substituents is 1. The molecule has 1 rings (SSSR count). The van der Waals surface area contributed by atoms with Crippen molar-refractivity contribution in [3.8, 4) is 11.8 Å². The van der Waals surface area contributed by atoms with Crippen LogP contribution >= 0.6 is 15.9 Å². The minimum atomic E-state index is -1.05. The number of carboxylic acid groups (broad SMARTS) is 1. The van der Waals surface area contributed by atoms with Gasteiger partial charge in [-0.1, -0.05) is 0 Å². The molecule has 0 saturated carbocycles. The number of aliphatic carboxylic acids is 1. The van der Waals surface area contributed by atoms with Gasteiger partial charge in [0.05, 0.1) is 22.5 Å². The molecule has 72 valence electrons. The van der Waals surface area contributed by atoms with Gasteiger partial charge >= 0.3 is 5.97 Å². The van der Waals surface area contributed by atoms with Gasteiger partial charge < -0.3 is 10.2 Å². The molecule has 0 saturated heterocycles. The maximum absolute atomic E-state index is 10.4. The smallest absolute Gasteiger partial charge is 0.307 e. The summed E-state index contributed by atoms with van der Waals surface area (Å²) < 4.78 is 0.327. The normalized spacial score (nSPS) is 9.43. The van der Waals surface area contributed by atoms with E-state index in [0.29, 0.717) is 10.0 Å². The van der Waals surface area contributed by atoms with Crippen LogP contribution < -0.4 is 0 Å². The molecule has 0 atom stereocenters. The quantitative estimate of drug-likeness (QED) is 0.842. The molecule has 0 aliphatic rings. The third-order valence-electron chi connectivity index (χ3n) is 1.61. The number of phenols is 1. The first-order valence-corrected chi connectivity index (χ1v) is 4.47.